The number of hydrogen-bond acceptors (Lipinski definition) is 3. The number of rotatable bonds is 6. The Morgan fingerprint density at radius 2 is 2.14 bits per heavy atom. The van der Waals surface area contributed by atoms with Crippen LogP contribution < -0.4 is 10.5 Å². The van der Waals surface area contributed by atoms with Crippen LogP contribution in [0.2, 0.25) is 0 Å². The van der Waals surface area contributed by atoms with Crippen LogP contribution in [0.4, 0.5) is 4.39 Å². The first-order valence-corrected chi connectivity index (χ1v) is 7.64. The van der Waals surface area contributed by atoms with Gasteiger partial charge < -0.3 is 10.5 Å². The third-order valence-corrected chi connectivity index (χ3v) is 3.58. The van der Waals surface area contributed by atoms with Crippen LogP contribution >= 0.6 is 15.9 Å². The van der Waals surface area contributed by atoms with Gasteiger partial charge in [-0.3, -0.25) is 4.98 Å². The molecular formula is C16H18BrFN2O. The second-order valence-electron chi connectivity index (χ2n) is 4.92. The standard InChI is InChI=1S/C16H18BrFN2O/c1-2-14(19)8-15-3-4-16(9-20-15)21-10-11-5-12(17)7-13(18)6-11/h3-7,9,14H,2,8,10,19H2,1H3. The normalized spacial score (nSPS) is 12.2. The summed E-state index contributed by atoms with van der Waals surface area (Å²) in [7, 11) is 0. The van der Waals surface area contributed by atoms with Gasteiger partial charge in [0.15, 0.2) is 0 Å². The number of benzene rings is 1. The Labute approximate surface area is 132 Å². The second kappa shape index (κ2) is 7.52. The molecule has 0 saturated heterocycles. The maximum absolute atomic E-state index is 13.3. The van der Waals surface area contributed by atoms with Crippen LogP contribution in [0.15, 0.2) is 41.0 Å². The van der Waals surface area contributed by atoms with Gasteiger partial charge in [-0.05, 0) is 42.3 Å². The summed E-state index contributed by atoms with van der Waals surface area (Å²) in [6.07, 6.45) is 3.36. The molecule has 1 atom stereocenters. The lowest BCUT2D eigenvalue weighted by Crippen LogP contribution is -2.21. The molecule has 0 amide bonds. The van der Waals surface area contributed by atoms with E-state index in [4.69, 9.17) is 10.5 Å². The van der Waals surface area contributed by atoms with E-state index in [-0.39, 0.29) is 11.9 Å². The third kappa shape index (κ3) is 5.10. The van der Waals surface area contributed by atoms with Gasteiger partial charge in [-0.2, -0.15) is 0 Å². The third-order valence-electron chi connectivity index (χ3n) is 3.12. The van der Waals surface area contributed by atoms with Crippen molar-refractivity contribution < 1.29 is 9.13 Å². The Kier molecular flexibility index (Phi) is 5.70. The Balaban J connectivity index is 1.94. The van der Waals surface area contributed by atoms with Crippen molar-refractivity contribution >= 4 is 15.9 Å². The molecule has 0 fully saturated rings. The predicted octanol–water partition coefficient (Wildman–Crippen LogP) is 3.84. The number of pyridine rings is 1. The Morgan fingerprint density at radius 1 is 1.33 bits per heavy atom. The molecule has 0 spiro atoms. The van der Waals surface area contributed by atoms with E-state index in [0.29, 0.717) is 16.8 Å². The summed E-state index contributed by atoms with van der Waals surface area (Å²) in [5.74, 6) is 0.370. The van der Waals surface area contributed by atoms with E-state index in [9.17, 15) is 4.39 Å². The lowest BCUT2D eigenvalue weighted by Gasteiger charge is -2.09. The first kappa shape index (κ1) is 15.9. The van der Waals surface area contributed by atoms with E-state index in [2.05, 4.69) is 27.8 Å². The van der Waals surface area contributed by atoms with Crippen molar-refractivity contribution in [3.8, 4) is 5.75 Å². The maximum atomic E-state index is 13.3. The summed E-state index contributed by atoms with van der Waals surface area (Å²) in [5.41, 5.74) is 7.61. The molecule has 0 aliphatic rings. The fourth-order valence-electron chi connectivity index (χ4n) is 1.89. The first-order valence-electron chi connectivity index (χ1n) is 6.85. The Bertz CT molecular complexity index is 569. The number of ether oxygens (including phenoxy) is 1. The van der Waals surface area contributed by atoms with Gasteiger partial charge in [0.05, 0.1) is 6.20 Å². The van der Waals surface area contributed by atoms with E-state index in [1.54, 1.807) is 6.20 Å². The molecule has 112 valence electrons. The van der Waals surface area contributed by atoms with E-state index >= 15 is 0 Å². The molecule has 1 unspecified atom stereocenters. The molecule has 1 aromatic carbocycles. The van der Waals surface area contributed by atoms with Crippen molar-refractivity contribution in [1.82, 2.24) is 4.98 Å². The molecule has 1 aromatic heterocycles. The van der Waals surface area contributed by atoms with E-state index in [0.717, 1.165) is 24.1 Å². The summed E-state index contributed by atoms with van der Waals surface area (Å²) in [4.78, 5) is 4.33. The van der Waals surface area contributed by atoms with Gasteiger partial charge >= 0.3 is 0 Å². The van der Waals surface area contributed by atoms with Crippen LogP contribution in [0.5, 0.6) is 5.75 Å². The largest absolute Gasteiger partial charge is 0.487 e. The van der Waals surface area contributed by atoms with Gasteiger partial charge in [-0.25, -0.2) is 4.39 Å². The molecule has 2 rings (SSSR count). The number of nitrogens with two attached hydrogens (primary N) is 1. The maximum Gasteiger partial charge on any atom is 0.138 e. The molecule has 1 heterocycles. The van der Waals surface area contributed by atoms with E-state index in [1.807, 2.05) is 18.2 Å². The van der Waals surface area contributed by atoms with Crippen LogP contribution in [0, 0.1) is 5.82 Å². The molecular weight excluding hydrogens is 335 g/mol. The average molecular weight is 353 g/mol. The van der Waals surface area contributed by atoms with Crippen LogP contribution in [0.25, 0.3) is 0 Å². The van der Waals surface area contributed by atoms with Crippen molar-refractivity contribution in [2.75, 3.05) is 0 Å². The number of nitrogens with zero attached hydrogens (tertiary/aromatic N) is 1. The highest BCUT2D eigenvalue weighted by atomic mass is 79.9. The zero-order valence-electron chi connectivity index (χ0n) is 11.9. The molecule has 21 heavy (non-hydrogen) atoms. The second-order valence-corrected chi connectivity index (χ2v) is 5.84. The van der Waals surface area contributed by atoms with Crippen LogP contribution in [-0.4, -0.2) is 11.0 Å². The topological polar surface area (TPSA) is 48.1 Å². The van der Waals surface area contributed by atoms with Crippen molar-refractivity contribution in [2.45, 2.75) is 32.4 Å². The van der Waals surface area contributed by atoms with Gasteiger partial charge in [-0.1, -0.05) is 22.9 Å². The molecule has 0 aliphatic heterocycles. The average Bonchev–Trinajstić information content (AvgIpc) is 2.45. The van der Waals surface area contributed by atoms with Gasteiger partial charge in [0.25, 0.3) is 0 Å². The molecule has 3 nitrogen and oxygen atoms in total. The molecule has 5 heteroatoms. The van der Waals surface area contributed by atoms with Gasteiger partial charge in [0, 0.05) is 22.6 Å². The highest BCUT2D eigenvalue weighted by Gasteiger charge is 2.04. The number of aromatic nitrogens is 1. The van der Waals surface area contributed by atoms with Crippen LogP contribution in [0.3, 0.4) is 0 Å². The minimum Gasteiger partial charge on any atom is -0.487 e. The molecule has 2 N–H and O–H groups in total. The zero-order valence-corrected chi connectivity index (χ0v) is 13.4. The molecule has 2 aromatic rings. The fraction of sp³-hybridized carbons (Fsp3) is 0.312. The van der Waals surface area contributed by atoms with Crippen LogP contribution in [-0.2, 0) is 13.0 Å². The molecule has 0 radical (unpaired) electrons. The summed E-state index contributed by atoms with van der Waals surface area (Å²) >= 11 is 3.26. The molecule has 0 bridgehead atoms. The monoisotopic (exact) mass is 352 g/mol. The molecule has 0 saturated carbocycles. The Morgan fingerprint density at radius 3 is 2.76 bits per heavy atom. The van der Waals surface area contributed by atoms with Crippen LogP contribution in [0.1, 0.15) is 24.6 Å². The highest BCUT2D eigenvalue weighted by Crippen LogP contribution is 2.17. The highest BCUT2D eigenvalue weighted by molar-refractivity contribution is 9.10. The summed E-state index contributed by atoms with van der Waals surface area (Å²) in [5, 5.41) is 0. The smallest absolute Gasteiger partial charge is 0.138 e. The SMILES string of the molecule is CCC(N)Cc1ccc(OCc2cc(F)cc(Br)c2)cn1. The quantitative estimate of drug-likeness (QED) is 0.858. The number of hydrogen-bond donors (Lipinski definition) is 1. The van der Waals surface area contributed by atoms with Gasteiger partial charge in [0.2, 0.25) is 0 Å². The van der Waals surface area contributed by atoms with Crippen molar-refractivity contribution in [3.05, 3.63) is 58.1 Å². The lowest BCUT2D eigenvalue weighted by atomic mass is 10.1. The van der Waals surface area contributed by atoms with Crippen molar-refractivity contribution in [1.29, 1.82) is 0 Å². The molecule has 0 aliphatic carbocycles. The summed E-state index contributed by atoms with van der Waals surface area (Å²) in [6.45, 7) is 2.35. The number of halogens is 2. The summed E-state index contributed by atoms with van der Waals surface area (Å²) < 4.78 is 19.6. The predicted molar refractivity (Wildman–Crippen MR) is 84.6 cm³/mol. The van der Waals surface area contributed by atoms with Gasteiger partial charge in [-0.15, -0.1) is 0 Å². The van der Waals surface area contributed by atoms with Crippen molar-refractivity contribution in [3.63, 3.8) is 0 Å². The van der Waals surface area contributed by atoms with E-state index < -0.39 is 0 Å². The summed E-state index contributed by atoms with van der Waals surface area (Å²) in [6, 6.07) is 8.59. The minimum absolute atomic E-state index is 0.133. The van der Waals surface area contributed by atoms with Gasteiger partial charge in [0.1, 0.15) is 18.2 Å². The first-order chi connectivity index (χ1) is 10.1. The zero-order chi connectivity index (χ0) is 15.2. The minimum atomic E-state index is -0.287. The van der Waals surface area contributed by atoms with E-state index in [1.165, 1.54) is 12.1 Å². The fourth-order valence-corrected chi connectivity index (χ4v) is 2.40. The Hall–Kier alpha value is -1.46. The lowest BCUT2D eigenvalue weighted by molar-refractivity contribution is 0.304. The van der Waals surface area contributed by atoms with Crippen molar-refractivity contribution in [2.24, 2.45) is 5.73 Å².